The summed E-state index contributed by atoms with van der Waals surface area (Å²) in [6, 6.07) is 4.58. The Kier molecular flexibility index (Phi) is 4.72. The van der Waals surface area contributed by atoms with Crippen LogP contribution in [0.4, 0.5) is 0 Å². The van der Waals surface area contributed by atoms with Crippen molar-refractivity contribution < 1.29 is 4.74 Å². The maximum absolute atomic E-state index is 5.99. The van der Waals surface area contributed by atoms with Gasteiger partial charge in [0.1, 0.15) is 0 Å². The van der Waals surface area contributed by atoms with Crippen LogP contribution in [0, 0.1) is 0 Å². The molecule has 2 rings (SSSR count). The summed E-state index contributed by atoms with van der Waals surface area (Å²) in [6.45, 7) is 6.40. The average molecular weight is 248 g/mol. The molecular formula is C15H24N2O. The molecule has 0 aromatic carbocycles. The molecule has 1 aliphatic rings. The van der Waals surface area contributed by atoms with Crippen molar-refractivity contribution in [2.24, 2.45) is 0 Å². The minimum Gasteiger partial charge on any atom is -0.374 e. The largest absolute Gasteiger partial charge is 0.374 e. The smallest absolute Gasteiger partial charge is 0.0810 e. The number of aromatic nitrogens is 1. The molecule has 0 spiro atoms. The van der Waals surface area contributed by atoms with E-state index in [0.29, 0.717) is 6.04 Å². The molecule has 0 amide bonds. The summed E-state index contributed by atoms with van der Waals surface area (Å²) in [5.41, 5.74) is 1.31. The van der Waals surface area contributed by atoms with Crippen LogP contribution in [0.2, 0.25) is 0 Å². The van der Waals surface area contributed by atoms with E-state index in [1.807, 2.05) is 12.4 Å². The van der Waals surface area contributed by atoms with Crippen LogP contribution >= 0.6 is 0 Å². The Hall–Kier alpha value is -0.930. The van der Waals surface area contributed by atoms with Gasteiger partial charge in [-0.15, -0.1) is 0 Å². The zero-order valence-corrected chi connectivity index (χ0v) is 11.5. The van der Waals surface area contributed by atoms with Gasteiger partial charge in [0.15, 0.2) is 0 Å². The van der Waals surface area contributed by atoms with Crippen LogP contribution in [0.3, 0.4) is 0 Å². The lowest BCUT2D eigenvalue weighted by atomic mass is 9.88. The van der Waals surface area contributed by atoms with Crippen molar-refractivity contribution in [1.29, 1.82) is 0 Å². The summed E-state index contributed by atoms with van der Waals surface area (Å²) in [5, 5.41) is 3.65. The van der Waals surface area contributed by atoms with Crippen molar-refractivity contribution in [2.75, 3.05) is 13.2 Å². The van der Waals surface area contributed by atoms with Crippen LogP contribution in [-0.2, 0) is 11.2 Å². The fourth-order valence-electron chi connectivity index (χ4n) is 2.65. The van der Waals surface area contributed by atoms with Gasteiger partial charge in [0.2, 0.25) is 0 Å². The molecule has 2 atom stereocenters. The SMILES string of the molecule is CCCNC(Cc1ccncc1)C1(C)CCCO1. The lowest BCUT2D eigenvalue weighted by molar-refractivity contribution is -0.0114. The molecule has 1 fully saturated rings. The Morgan fingerprint density at radius 3 is 2.83 bits per heavy atom. The van der Waals surface area contributed by atoms with E-state index < -0.39 is 0 Å². The highest BCUT2D eigenvalue weighted by Crippen LogP contribution is 2.30. The van der Waals surface area contributed by atoms with Crippen molar-refractivity contribution in [3.63, 3.8) is 0 Å². The minimum absolute atomic E-state index is 0.0154. The first-order valence-corrected chi connectivity index (χ1v) is 7.01. The Labute approximate surface area is 110 Å². The number of ether oxygens (including phenoxy) is 1. The maximum Gasteiger partial charge on any atom is 0.0810 e. The number of hydrogen-bond donors (Lipinski definition) is 1. The zero-order chi connectivity index (χ0) is 12.8. The lowest BCUT2D eigenvalue weighted by Crippen LogP contribution is -2.50. The number of rotatable bonds is 6. The van der Waals surface area contributed by atoms with E-state index in [2.05, 4.69) is 36.3 Å². The van der Waals surface area contributed by atoms with E-state index in [9.17, 15) is 0 Å². The Morgan fingerprint density at radius 2 is 2.22 bits per heavy atom. The van der Waals surface area contributed by atoms with Gasteiger partial charge in [-0.05, 0) is 56.8 Å². The molecule has 3 nitrogen and oxygen atoms in total. The van der Waals surface area contributed by atoms with Crippen LogP contribution in [0.25, 0.3) is 0 Å². The third kappa shape index (κ3) is 3.30. The molecule has 2 heterocycles. The van der Waals surface area contributed by atoms with Gasteiger partial charge >= 0.3 is 0 Å². The molecule has 0 aliphatic carbocycles. The fourth-order valence-corrected chi connectivity index (χ4v) is 2.65. The first-order chi connectivity index (χ1) is 8.74. The van der Waals surface area contributed by atoms with Crippen molar-refractivity contribution in [3.05, 3.63) is 30.1 Å². The summed E-state index contributed by atoms with van der Waals surface area (Å²) in [7, 11) is 0. The van der Waals surface area contributed by atoms with E-state index in [0.717, 1.165) is 32.4 Å². The molecule has 1 aromatic heterocycles. The monoisotopic (exact) mass is 248 g/mol. The molecule has 1 aliphatic heterocycles. The molecule has 2 unspecified atom stereocenters. The van der Waals surface area contributed by atoms with Crippen molar-refractivity contribution in [2.45, 2.75) is 51.2 Å². The Balaban J connectivity index is 2.05. The second kappa shape index (κ2) is 6.30. The van der Waals surface area contributed by atoms with Gasteiger partial charge in [0.25, 0.3) is 0 Å². The maximum atomic E-state index is 5.99. The van der Waals surface area contributed by atoms with Gasteiger partial charge in [0, 0.05) is 25.0 Å². The molecular weight excluding hydrogens is 224 g/mol. The van der Waals surface area contributed by atoms with E-state index in [1.54, 1.807) is 0 Å². The second-order valence-corrected chi connectivity index (χ2v) is 5.33. The topological polar surface area (TPSA) is 34.2 Å². The number of nitrogens with zero attached hydrogens (tertiary/aromatic N) is 1. The van der Waals surface area contributed by atoms with E-state index >= 15 is 0 Å². The number of nitrogens with one attached hydrogen (secondary N) is 1. The van der Waals surface area contributed by atoms with Crippen LogP contribution in [-0.4, -0.2) is 29.8 Å². The Morgan fingerprint density at radius 1 is 1.44 bits per heavy atom. The highest BCUT2D eigenvalue weighted by atomic mass is 16.5. The molecule has 1 aromatic rings. The molecule has 0 saturated carbocycles. The molecule has 1 saturated heterocycles. The average Bonchev–Trinajstić information content (AvgIpc) is 2.84. The normalized spacial score (nSPS) is 25.2. The molecule has 3 heteroatoms. The summed E-state index contributed by atoms with van der Waals surface area (Å²) in [6.07, 6.45) is 8.23. The van der Waals surface area contributed by atoms with E-state index in [-0.39, 0.29) is 5.60 Å². The summed E-state index contributed by atoms with van der Waals surface area (Å²) in [5.74, 6) is 0. The molecule has 0 bridgehead atoms. The third-order valence-corrected chi connectivity index (χ3v) is 3.82. The molecule has 100 valence electrons. The zero-order valence-electron chi connectivity index (χ0n) is 11.5. The van der Waals surface area contributed by atoms with Gasteiger partial charge in [-0.1, -0.05) is 6.92 Å². The van der Waals surface area contributed by atoms with Crippen LogP contribution in [0.5, 0.6) is 0 Å². The number of pyridine rings is 1. The minimum atomic E-state index is -0.0154. The molecule has 18 heavy (non-hydrogen) atoms. The van der Waals surface area contributed by atoms with Crippen molar-refractivity contribution in [1.82, 2.24) is 10.3 Å². The van der Waals surface area contributed by atoms with E-state index in [4.69, 9.17) is 4.74 Å². The van der Waals surface area contributed by atoms with Crippen molar-refractivity contribution >= 4 is 0 Å². The van der Waals surface area contributed by atoms with Gasteiger partial charge in [-0.3, -0.25) is 4.98 Å². The lowest BCUT2D eigenvalue weighted by Gasteiger charge is -2.34. The fraction of sp³-hybridized carbons (Fsp3) is 0.667. The molecule has 1 N–H and O–H groups in total. The highest BCUT2D eigenvalue weighted by Gasteiger charge is 2.37. The predicted molar refractivity (Wildman–Crippen MR) is 73.6 cm³/mol. The van der Waals surface area contributed by atoms with Crippen LogP contribution < -0.4 is 5.32 Å². The first-order valence-electron chi connectivity index (χ1n) is 7.01. The highest BCUT2D eigenvalue weighted by molar-refractivity contribution is 5.13. The van der Waals surface area contributed by atoms with Crippen LogP contribution in [0.15, 0.2) is 24.5 Å². The van der Waals surface area contributed by atoms with Crippen molar-refractivity contribution in [3.8, 4) is 0 Å². The predicted octanol–water partition coefficient (Wildman–Crippen LogP) is 2.56. The Bertz CT molecular complexity index is 347. The summed E-state index contributed by atoms with van der Waals surface area (Å²) in [4.78, 5) is 4.08. The number of hydrogen-bond acceptors (Lipinski definition) is 3. The van der Waals surface area contributed by atoms with Gasteiger partial charge < -0.3 is 10.1 Å². The third-order valence-electron chi connectivity index (χ3n) is 3.82. The second-order valence-electron chi connectivity index (χ2n) is 5.33. The molecule has 0 radical (unpaired) electrons. The summed E-state index contributed by atoms with van der Waals surface area (Å²) < 4.78 is 5.99. The van der Waals surface area contributed by atoms with Gasteiger partial charge in [0.05, 0.1) is 5.60 Å². The van der Waals surface area contributed by atoms with Gasteiger partial charge in [-0.25, -0.2) is 0 Å². The van der Waals surface area contributed by atoms with Crippen LogP contribution in [0.1, 0.15) is 38.7 Å². The standard InChI is InChI=1S/C15H24N2O/c1-3-8-17-14(15(2)7-4-11-18-15)12-13-5-9-16-10-6-13/h5-6,9-10,14,17H,3-4,7-8,11-12H2,1-2H3. The van der Waals surface area contributed by atoms with E-state index in [1.165, 1.54) is 12.0 Å². The summed E-state index contributed by atoms with van der Waals surface area (Å²) >= 11 is 0. The van der Waals surface area contributed by atoms with Gasteiger partial charge in [-0.2, -0.15) is 0 Å². The quantitative estimate of drug-likeness (QED) is 0.840. The first kappa shape index (κ1) is 13.5.